The highest BCUT2D eigenvalue weighted by molar-refractivity contribution is 7.10. The molecule has 1 amide bonds. The predicted octanol–water partition coefficient (Wildman–Crippen LogP) is 3.57. The Morgan fingerprint density at radius 3 is 2.65 bits per heavy atom. The molecule has 4 rings (SSSR count). The second-order valence-corrected chi connectivity index (χ2v) is 9.62. The number of likely N-dealkylation sites (tertiary alicyclic amines) is 3. The molecule has 0 aromatic carbocycles. The second-order valence-electron chi connectivity index (χ2n) is 8.63. The third kappa shape index (κ3) is 4.15. The van der Waals surface area contributed by atoms with Gasteiger partial charge in [0.25, 0.3) is 0 Å². The van der Waals surface area contributed by atoms with Gasteiger partial charge in [-0.3, -0.25) is 14.6 Å². The smallest absolute Gasteiger partial charge is 0.222 e. The van der Waals surface area contributed by atoms with Crippen LogP contribution in [0.2, 0.25) is 0 Å². The predicted molar refractivity (Wildman–Crippen MR) is 107 cm³/mol. The van der Waals surface area contributed by atoms with Gasteiger partial charge in [0.2, 0.25) is 5.91 Å². The van der Waals surface area contributed by atoms with Gasteiger partial charge in [0, 0.05) is 49.4 Å². The second kappa shape index (κ2) is 7.99. The molecule has 5 heteroatoms. The van der Waals surface area contributed by atoms with E-state index in [1.165, 1.54) is 55.8 Å². The summed E-state index contributed by atoms with van der Waals surface area (Å²) in [4.78, 5) is 20.9. The maximum Gasteiger partial charge on any atom is 0.222 e. The minimum Gasteiger partial charge on any atom is -0.342 e. The number of carbonyl (C=O) groups excluding carboxylic acids is 1. The van der Waals surface area contributed by atoms with Crippen LogP contribution in [-0.2, 0) is 17.9 Å². The summed E-state index contributed by atoms with van der Waals surface area (Å²) in [6.07, 6.45) is 7.13. The number of carbonyl (C=O) groups is 1. The quantitative estimate of drug-likeness (QED) is 0.787. The molecular formula is C21H33N3OS. The highest BCUT2D eigenvalue weighted by Gasteiger charge is 2.41. The SMILES string of the molecule is CCN1C[C@@]2(CCCN(Cc3cc(CN4CCCC4)cs3)C2)CCC1=O. The summed E-state index contributed by atoms with van der Waals surface area (Å²) in [5.41, 5.74) is 1.84. The van der Waals surface area contributed by atoms with Gasteiger partial charge in [-0.05, 0) is 75.7 Å². The van der Waals surface area contributed by atoms with Crippen molar-refractivity contribution in [3.8, 4) is 0 Å². The molecule has 0 N–H and O–H groups in total. The minimum atomic E-state index is 0.345. The van der Waals surface area contributed by atoms with Crippen molar-refractivity contribution in [2.45, 2.75) is 58.5 Å². The van der Waals surface area contributed by atoms with Crippen LogP contribution < -0.4 is 0 Å². The van der Waals surface area contributed by atoms with Crippen LogP contribution in [0, 0.1) is 5.41 Å². The van der Waals surface area contributed by atoms with E-state index in [0.29, 0.717) is 11.3 Å². The van der Waals surface area contributed by atoms with Crippen LogP contribution >= 0.6 is 11.3 Å². The molecule has 0 saturated carbocycles. The lowest BCUT2D eigenvalue weighted by Gasteiger charge is -2.48. The molecule has 1 atom stereocenters. The van der Waals surface area contributed by atoms with E-state index in [4.69, 9.17) is 0 Å². The molecule has 0 bridgehead atoms. The molecule has 1 aromatic heterocycles. The Morgan fingerprint density at radius 1 is 1.04 bits per heavy atom. The van der Waals surface area contributed by atoms with Crippen molar-refractivity contribution in [3.05, 3.63) is 21.9 Å². The highest BCUT2D eigenvalue weighted by atomic mass is 32.1. The molecule has 0 aliphatic carbocycles. The lowest BCUT2D eigenvalue weighted by atomic mass is 9.73. The maximum atomic E-state index is 12.1. The molecule has 26 heavy (non-hydrogen) atoms. The Morgan fingerprint density at radius 2 is 1.85 bits per heavy atom. The Labute approximate surface area is 162 Å². The average molecular weight is 376 g/mol. The van der Waals surface area contributed by atoms with Crippen LogP contribution in [0.5, 0.6) is 0 Å². The van der Waals surface area contributed by atoms with Crippen LogP contribution in [0.3, 0.4) is 0 Å². The van der Waals surface area contributed by atoms with Crippen LogP contribution in [0.4, 0.5) is 0 Å². The lowest BCUT2D eigenvalue weighted by Crippen LogP contribution is -2.53. The molecule has 3 aliphatic heterocycles. The standard InChI is InChI=1S/C21H33N3OS/c1-2-24-17-21(8-6-20(24)25)7-5-11-23(16-21)14-19-12-18(15-26-19)13-22-9-3-4-10-22/h12,15H,2-11,13-14,16-17H2,1H3/t21-/m0/s1. The first-order chi connectivity index (χ1) is 12.7. The molecule has 3 saturated heterocycles. The first kappa shape index (κ1) is 18.5. The van der Waals surface area contributed by atoms with Gasteiger partial charge >= 0.3 is 0 Å². The molecule has 144 valence electrons. The fourth-order valence-corrected chi connectivity index (χ4v) is 6.10. The van der Waals surface area contributed by atoms with Gasteiger partial charge in [-0.1, -0.05) is 0 Å². The van der Waals surface area contributed by atoms with Crippen molar-refractivity contribution in [1.29, 1.82) is 0 Å². The van der Waals surface area contributed by atoms with Gasteiger partial charge in [-0.2, -0.15) is 0 Å². The van der Waals surface area contributed by atoms with Crippen molar-refractivity contribution >= 4 is 17.2 Å². The fourth-order valence-electron chi connectivity index (χ4n) is 5.18. The summed E-state index contributed by atoms with van der Waals surface area (Å²) in [5, 5.41) is 2.37. The molecule has 3 fully saturated rings. The van der Waals surface area contributed by atoms with Crippen LogP contribution in [0.25, 0.3) is 0 Å². The van der Waals surface area contributed by atoms with E-state index in [9.17, 15) is 4.79 Å². The summed E-state index contributed by atoms with van der Waals surface area (Å²) in [6.45, 7) is 11.1. The van der Waals surface area contributed by atoms with Crippen LogP contribution in [-0.4, -0.2) is 59.9 Å². The Hall–Kier alpha value is -0.910. The number of amides is 1. The zero-order valence-corrected chi connectivity index (χ0v) is 17.0. The first-order valence-electron chi connectivity index (χ1n) is 10.4. The largest absolute Gasteiger partial charge is 0.342 e. The van der Waals surface area contributed by atoms with E-state index in [0.717, 1.165) is 45.6 Å². The van der Waals surface area contributed by atoms with Gasteiger partial charge in [0.15, 0.2) is 0 Å². The van der Waals surface area contributed by atoms with Gasteiger partial charge in [0.05, 0.1) is 0 Å². The van der Waals surface area contributed by atoms with Crippen LogP contribution in [0.1, 0.15) is 55.9 Å². The number of thiophene rings is 1. The van der Waals surface area contributed by atoms with Crippen LogP contribution in [0.15, 0.2) is 11.4 Å². The van der Waals surface area contributed by atoms with E-state index in [1.807, 2.05) is 11.3 Å². The summed E-state index contributed by atoms with van der Waals surface area (Å²) >= 11 is 1.93. The van der Waals surface area contributed by atoms with E-state index in [2.05, 4.69) is 33.1 Å². The number of piperidine rings is 2. The monoisotopic (exact) mass is 375 g/mol. The summed E-state index contributed by atoms with van der Waals surface area (Å²) in [5.74, 6) is 0.361. The molecule has 1 aromatic rings. The molecule has 0 unspecified atom stereocenters. The molecule has 3 aliphatic rings. The molecule has 0 radical (unpaired) electrons. The molecule has 4 nitrogen and oxygen atoms in total. The third-order valence-electron chi connectivity index (χ3n) is 6.56. The average Bonchev–Trinajstić information content (AvgIpc) is 3.30. The number of rotatable bonds is 5. The summed E-state index contributed by atoms with van der Waals surface area (Å²) in [7, 11) is 0. The maximum absolute atomic E-state index is 12.1. The molecule has 1 spiro atoms. The number of hydrogen-bond acceptors (Lipinski definition) is 4. The zero-order valence-electron chi connectivity index (χ0n) is 16.2. The van der Waals surface area contributed by atoms with Crippen molar-refractivity contribution in [2.75, 3.05) is 39.3 Å². The van der Waals surface area contributed by atoms with Crippen molar-refractivity contribution in [2.24, 2.45) is 5.41 Å². The molecule has 4 heterocycles. The van der Waals surface area contributed by atoms with Gasteiger partial charge in [-0.25, -0.2) is 0 Å². The van der Waals surface area contributed by atoms with Crippen molar-refractivity contribution < 1.29 is 4.79 Å². The zero-order chi connectivity index (χ0) is 18.0. The Balaban J connectivity index is 1.35. The topological polar surface area (TPSA) is 26.8 Å². The number of hydrogen-bond donors (Lipinski definition) is 0. The van der Waals surface area contributed by atoms with Crippen molar-refractivity contribution in [3.63, 3.8) is 0 Å². The lowest BCUT2D eigenvalue weighted by molar-refractivity contribution is -0.139. The first-order valence-corrected chi connectivity index (χ1v) is 11.3. The van der Waals surface area contributed by atoms with E-state index in [-0.39, 0.29) is 0 Å². The number of nitrogens with zero attached hydrogens (tertiary/aromatic N) is 3. The fraction of sp³-hybridized carbons (Fsp3) is 0.762. The van der Waals surface area contributed by atoms with Gasteiger partial charge < -0.3 is 4.90 Å². The van der Waals surface area contributed by atoms with Crippen molar-refractivity contribution in [1.82, 2.24) is 14.7 Å². The normalized spacial score (nSPS) is 28.3. The van der Waals surface area contributed by atoms with Gasteiger partial charge in [0.1, 0.15) is 0 Å². The van der Waals surface area contributed by atoms with E-state index in [1.54, 1.807) is 0 Å². The Bertz CT molecular complexity index is 625. The highest BCUT2D eigenvalue weighted by Crippen LogP contribution is 2.39. The summed E-state index contributed by atoms with van der Waals surface area (Å²) < 4.78 is 0. The van der Waals surface area contributed by atoms with Gasteiger partial charge in [-0.15, -0.1) is 11.3 Å². The van der Waals surface area contributed by atoms with E-state index < -0.39 is 0 Å². The molecular weight excluding hydrogens is 342 g/mol. The van der Waals surface area contributed by atoms with E-state index >= 15 is 0 Å². The Kier molecular flexibility index (Phi) is 5.67. The minimum absolute atomic E-state index is 0.345. The third-order valence-corrected chi connectivity index (χ3v) is 7.53. The summed E-state index contributed by atoms with van der Waals surface area (Å²) in [6, 6.07) is 2.44.